The summed E-state index contributed by atoms with van der Waals surface area (Å²) in [6.45, 7) is 1.67. The number of sulfonamides is 1. The van der Waals surface area contributed by atoms with Crippen LogP contribution in [-0.2, 0) is 17.1 Å². The van der Waals surface area contributed by atoms with Crippen molar-refractivity contribution in [1.82, 2.24) is 15.0 Å². The SMILES string of the molecule is Cc1c(Cl)cccc1S(=O)(=O)Nc1ccc2nn(C)nc2c1. The lowest BCUT2D eigenvalue weighted by Gasteiger charge is -2.11. The van der Waals surface area contributed by atoms with Gasteiger partial charge in [0, 0.05) is 12.1 Å². The van der Waals surface area contributed by atoms with E-state index in [4.69, 9.17) is 11.6 Å². The highest BCUT2D eigenvalue weighted by Gasteiger charge is 2.18. The number of hydrogen-bond acceptors (Lipinski definition) is 4. The Hall–Kier alpha value is -2.12. The molecule has 0 atom stereocenters. The maximum Gasteiger partial charge on any atom is 0.262 e. The van der Waals surface area contributed by atoms with E-state index in [-0.39, 0.29) is 4.90 Å². The van der Waals surface area contributed by atoms with E-state index in [9.17, 15) is 8.42 Å². The summed E-state index contributed by atoms with van der Waals surface area (Å²) in [5.74, 6) is 0. The number of fused-ring (bicyclic) bond motifs is 1. The molecule has 6 nitrogen and oxygen atoms in total. The third-order valence-corrected chi connectivity index (χ3v) is 5.18. The molecule has 0 aliphatic heterocycles. The van der Waals surface area contributed by atoms with Crippen molar-refractivity contribution in [2.45, 2.75) is 11.8 Å². The Labute approximate surface area is 132 Å². The van der Waals surface area contributed by atoms with E-state index >= 15 is 0 Å². The van der Waals surface area contributed by atoms with Crippen LogP contribution in [0.25, 0.3) is 11.0 Å². The first-order valence-corrected chi connectivity index (χ1v) is 8.32. The highest BCUT2D eigenvalue weighted by molar-refractivity contribution is 7.92. The normalized spacial score (nSPS) is 11.8. The number of nitrogens with zero attached hydrogens (tertiary/aromatic N) is 3. The van der Waals surface area contributed by atoms with Gasteiger partial charge < -0.3 is 0 Å². The van der Waals surface area contributed by atoms with Gasteiger partial charge in [0.25, 0.3) is 10.0 Å². The van der Waals surface area contributed by atoms with E-state index in [1.165, 1.54) is 10.9 Å². The van der Waals surface area contributed by atoms with Crippen molar-refractivity contribution < 1.29 is 8.42 Å². The molecule has 0 saturated carbocycles. The minimum absolute atomic E-state index is 0.152. The molecule has 114 valence electrons. The van der Waals surface area contributed by atoms with Crippen LogP contribution in [0.15, 0.2) is 41.3 Å². The summed E-state index contributed by atoms with van der Waals surface area (Å²) >= 11 is 5.99. The van der Waals surface area contributed by atoms with Crippen molar-refractivity contribution in [3.05, 3.63) is 47.0 Å². The van der Waals surface area contributed by atoms with Gasteiger partial charge in [-0.15, -0.1) is 0 Å². The molecule has 1 N–H and O–H groups in total. The van der Waals surface area contributed by atoms with Crippen molar-refractivity contribution >= 4 is 38.3 Å². The van der Waals surface area contributed by atoms with Crippen molar-refractivity contribution in [2.75, 3.05) is 4.72 Å². The van der Waals surface area contributed by atoms with E-state index in [0.717, 1.165) is 0 Å². The van der Waals surface area contributed by atoms with Crippen LogP contribution in [0, 0.1) is 6.92 Å². The van der Waals surface area contributed by atoms with E-state index < -0.39 is 10.0 Å². The fourth-order valence-corrected chi connectivity index (χ4v) is 3.72. The summed E-state index contributed by atoms with van der Waals surface area (Å²) in [5, 5.41) is 8.71. The van der Waals surface area contributed by atoms with Crippen LogP contribution in [0.2, 0.25) is 5.02 Å². The predicted molar refractivity (Wildman–Crippen MR) is 85.5 cm³/mol. The monoisotopic (exact) mass is 336 g/mol. The predicted octanol–water partition coefficient (Wildman–Crippen LogP) is 2.73. The number of nitrogens with one attached hydrogen (secondary N) is 1. The van der Waals surface area contributed by atoms with Gasteiger partial charge in [-0.3, -0.25) is 4.72 Å². The molecule has 3 aromatic rings. The molecule has 0 bridgehead atoms. The first-order chi connectivity index (χ1) is 10.4. The van der Waals surface area contributed by atoms with E-state index in [2.05, 4.69) is 14.9 Å². The van der Waals surface area contributed by atoms with Crippen LogP contribution in [0.5, 0.6) is 0 Å². The van der Waals surface area contributed by atoms with Gasteiger partial charge in [-0.2, -0.15) is 15.0 Å². The number of halogens is 1. The number of aromatic nitrogens is 3. The van der Waals surface area contributed by atoms with Gasteiger partial charge in [0.1, 0.15) is 11.0 Å². The summed E-state index contributed by atoms with van der Waals surface area (Å²) < 4.78 is 27.6. The molecule has 8 heteroatoms. The van der Waals surface area contributed by atoms with Crippen LogP contribution in [-0.4, -0.2) is 23.4 Å². The minimum Gasteiger partial charge on any atom is -0.280 e. The topological polar surface area (TPSA) is 76.9 Å². The zero-order valence-electron chi connectivity index (χ0n) is 11.9. The maximum atomic E-state index is 12.5. The molecule has 1 heterocycles. The van der Waals surface area contributed by atoms with E-state index in [0.29, 0.717) is 27.3 Å². The van der Waals surface area contributed by atoms with Crippen molar-refractivity contribution in [3.63, 3.8) is 0 Å². The summed E-state index contributed by atoms with van der Waals surface area (Å²) in [5.41, 5.74) is 2.25. The zero-order valence-corrected chi connectivity index (χ0v) is 13.5. The molecule has 3 rings (SSSR count). The highest BCUT2D eigenvalue weighted by Crippen LogP contribution is 2.25. The first-order valence-electron chi connectivity index (χ1n) is 6.46. The Morgan fingerprint density at radius 1 is 1.14 bits per heavy atom. The molecule has 0 spiro atoms. The lowest BCUT2D eigenvalue weighted by atomic mass is 10.2. The van der Waals surface area contributed by atoms with Crippen molar-refractivity contribution in [1.29, 1.82) is 0 Å². The van der Waals surface area contributed by atoms with Crippen LogP contribution in [0.3, 0.4) is 0 Å². The molecule has 0 aliphatic rings. The van der Waals surface area contributed by atoms with Crippen LogP contribution in [0.4, 0.5) is 5.69 Å². The molecule has 22 heavy (non-hydrogen) atoms. The van der Waals surface area contributed by atoms with Gasteiger partial charge in [0.05, 0.1) is 10.6 Å². The number of aryl methyl sites for hydroxylation is 1. The number of hydrogen-bond donors (Lipinski definition) is 1. The van der Waals surface area contributed by atoms with Gasteiger partial charge in [-0.25, -0.2) is 8.42 Å². The summed E-state index contributed by atoms with van der Waals surface area (Å²) in [6.07, 6.45) is 0. The lowest BCUT2D eigenvalue weighted by molar-refractivity contribution is 0.600. The average molecular weight is 337 g/mol. The maximum absolute atomic E-state index is 12.5. The highest BCUT2D eigenvalue weighted by atomic mass is 35.5. The third-order valence-electron chi connectivity index (χ3n) is 3.24. The molecule has 0 radical (unpaired) electrons. The zero-order chi connectivity index (χ0) is 15.9. The van der Waals surface area contributed by atoms with Gasteiger partial charge in [-0.1, -0.05) is 17.7 Å². The molecule has 0 aliphatic carbocycles. The standard InChI is InChI=1S/C14H13ClN4O2S/c1-9-11(15)4-3-5-14(9)22(20,21)18-10-6-7-12-13(8-10)17-19(2)16-12/h3-8,18H,1-2H3. The number of rotatable bonds is 3. The van der Waals surface area contributed by atoms with Crippen molar-refractivity contribution in [3.8, 4) is 0 Å². The van der Waals surface area contributed by atoms with Crippen LogP contribution < -0.4 is 4.72 Å². The second-order valence-electron chi connectivity index (χ2n) is 4.86. The fraction of sp³-hybridized carbons (Fsp3) is 0.143. The summed E-state index contributed by atoms with van der Waals surface area (Å²) in [6, 6.07) is 9.78. The molecular weight excluding hydrogens is 324 g/mol. The summed E-state index contributed by atoms with van der Waals surface area (Å²) in [7, 11) is -2.01. The van der Waals surface area contributed by atoms with Crippen LogP contribution in [0.1, 0.15) is 5.56 Å². The average Bonchev–Trinajstić information content (AvgIpc) is 2.80. The van der Waals surface area contributed by atoms with Crippen molar-refractivity contribution in [2.24, 2.45) is 7.05 Å². The van der Waals surface area contributed by atoms with Gasteiger partial charge in [-0.05, 0) is 42.8 Å². The van der Waals surface area contributed by atoms with Gasteiger partial charge >= 0.3 is 0 Å². The molecule has 0 amide bonds. The Bertz CT molecular complexity index is 966. The Balaban J connectivity index is 2.00. The van der Waals surface area contributed by atoms with Gasteiger partial charge in [0.2, 0.25) is 0 Å². The fourth-order valence-electron chi connectivity index (χ4n) is 2.17. The molecular formula is C14H13ClN4O2S. The Kier molecular flexibility index (Phi) is 3.54. The number of anilines is 1. The summed E-state index contributed by atoms with van der Waals surface area (Å²) in [4.78, 5) is 1.59. The first kappa shape index (κ1) is 14.8. The largest absolute Gasteiger partial charge is 0.280 e. The quantitative estimate of drug-likeness (QED) is 0.797. The second kappa shape index (κ2) is 5.26. The molecule has 2 aromatic carbocycles. The molecule has 0 saturated heterocycles. The minimum atomic E-state index is -3.72. The Morgan fingerprint density at radius 2 is 1.86 bits per heavy atom. The smallest absolute Gasteiger partial charge is 0.262 e. The molecule has 1 aromatic heterocycles. The second-order valence-corrected chi connectivity index (χ2v) is 6.92. The van der Waals surface area contributed by atoms with E-state index in [1.54, 1.807) is 44.3 Å². The molecule has 0 fully saturated rings. The van der Waals surface area contributed by atoms with Gasteiger partial charge in [0.15, 0.2) is 0 Å². The lowest BCUT2D eigenvalue weighted by Crippen LogP contribution is -2.14. The Morgan fingerprint density at radius 3 is 2.64 bits per heavy atom. The third kappa shape index (κ3) is 2.65. The van der Waals surface area contributed by atoms with E-state index in [1.807, 2.05) is 0 Å². The number of benzene rings is 2. The van der Waals surface area contributed by atoms with Crippen LogP contribution >= 0.6 is 11.6 Å². The molecule has 0 unspecified atom stereocenters.